The molecule has 0 fully saturated rings. The van der Waals surface area contributed by atoms with E-state index in [0.717, 1.165) is 10.0 Å². The predicted molar refractivity (Wildman–Crippen MR) is 70.0 cm³/mol. The molecule has 2 aromatic rings. The molecule has 0 unspecified atom stereocenters. The summed E-state index contributed by atoms with van der Waals surface area (Å²) in [5.74, 6) is 0.192. The van der Waals surface area contributed by atoms with Crippen LogP contribution in [0.3, 0.4) is 0 Å². The van der Waals surface area contributed by atoms with Crippen molar-refractivity contribution in [3.63, 3.8) is 0 Å². The summed E-state index contributed by atoms with van der Waals surface area (Å²) in [7, 11) is 0. The number of hydrogen-bond donors (Lipinski definition) is 0. The summed E-state index contributed by atoms with van der Waals surface area (Å²) in [5.41, 5.74) is 1.64. The summed E-state index contributed by atoms with van der Waals surface area (Å²) in [5, 5.41) is 3.94. The van der Waals surface area contributed by atoms with Crippen molar-refractivity contribution in [1.82, 2.24) is 5.16 Å². The van der Waals surface area contributed by atoms with Crippen LogP contribution in [0.15, 0.2) is 39.3 Å². The van der Waals surface area contributed by atoms with Crippen molar-refractivity contribution < 1.29 is 14.1 Å². The fourth-order valence-corrected chi connectivity index (χ4v) is 1.93. The first-order valence-corrected chi connectivity index (χ1v) is 6.35. The van der Waals surface area contributed by atoms with Crippen molar-refractivity contribution in [3.8, 4) is 11.3 Å². The zero-order valence-electron chi connectivity index (χ0n) is 9.85. The Hall–Kier alpha value is -1.62. The Morgan fingerprint density at radius 3 is 3.00 bits per heavy atom. The van der Waals surface area contributed by atoms with Gasteiger partial charge in [0.05, 0.1) is 6.61 Å². The first kappa shape index (κ1) is 12.8. The molecule has 18 heavy (non-hydrogen) atoms. The molecule has 0 aliphatic heterocycles. The van der Waals surface area contributed by atoms with Crippen molar-refractivity contribution in [3.05, 3.63) is 40.6 Å². The molecule has 2 rings (SSSR count). The van der Waals surface area contributed by atoms with E-state index in [-0.39, 0.29) is 12.4 Å². The third-order valence-corrected chi connectivity index (χ3v) is 2.80. The Labute approximate surface area is 113 Å². The number of ether oxygens (including phenoxy) is 1. The van der Waals surface area contributed by atoms with E-state index in [9.17, 15) is 4.79 Å². The first-order valence-electron chi connectivity index (χ1n) is 5.56. The van der Waals surface area contributed by atoms with Gasteiger partial charge in [0, 0.05) is 16.1 Å². The number of hydrogen-bond acceptors (Lipinski definition) is 4. The minimum Gasteiger partial charge on any atom is -0.466 e. The number of halogens is 1. The van der Waals surface area contributed by atoms with Crippen LogP contribution < -0.4 is 0 Å². The van der Waals surface area contributed by atoms with Gasteiger partial charge in [-0.15, -0.1) is 0 Å². The molecule has 0 aliphatic carbocycles. The number of benzene rings is 1. The van der Waals surface area contributed by atoms with Gasteiger partial charge in [-0.1, -0.05) is 33.2 Å². The van der Waals surface area contributed by atoms with Gasteiger partial charge in [0.2, 0.25) is 0 Å². The number of carbonyl (C=O) groups excluding carboxylic acids is 1. The standard InChI is InChI=1S/C13H12BrNO3/c1-2-17-13(16)8-11-7-12(15-18-11)9-4-3-5-10(14)6-9/h3-7H,2,8H2,1H3. The van der Waals surface area contributed by atoms with E-state index in [1.165, 1.54) is 0 Å². The van der Waals surface area contributed by atoms with Gasteiger partial charge in [-0.05, 0) is 19.1 Å². The topological polar surface area (TPSA) is 52.3 Å². The van der Waals surface area contributed by atoms with E-state index >= 15 is 0 Å². The number of nitrogens with zero attached hydrogens (tertiary/aromatic N) is 1. The maximum atomic E-state index is 11.3. The first-order chi connectivity index (χ1) is 8.69. The molecule has 5 heteroatoms. The highest BCUT2D eigenvalue weighted by atomic mass is 79.9. The number of carbonyl (C=O) groups is 1. The average Bonchev–Trinajstić information content (AvgIpc) is 2.78. The van der Waals surface area contributed by atoms with Crippen LogP contribution in [0.2, 0.25) is 0 Å². The molecule has 0 aliphatic rings. The van der Waals surface area contributed by atoms with Crippen molar-refractivity contribution in [2.24, 2.45) is 0 Å². The maximum absolute atomic E-state index is 11.3. The highest BCUT2D eigenvalue weighted by molar-refractivity contribution is 9.10. The zero-order chi connectivity index (χ0) is 13.0. The molecule has 0 N–H and O–H groups in total. The predicted octanol–water partition coefficient (Wildman–Crippen LogP) is 3.21. The monoisotopic (exact) mass is 309 g/mol. The molecule has 4 nitrogen and oxygen atoms in total. The molecule has 1 heterocycles. The summed E-state index contributed by atoms with van der Waals surface area (Å²) < 4.78 is 10.9. The maximum Gasteiger partial charge on any atom is 0.313 e. The molecule has 1 aromatic heterocycles. The van der Waals surface area contributed by atoms with Crippen LogP contribution in [-0.4, -0.2) is 17.7 Å². The third-order valence-electron chi connectivity index (χ3n) is 2.30. The van der Waals surface area contributed by atoms with Gasteiger partial charge in [-0.3, -0.25) is 4.79 Å². The zero-order valence-corrected chi connectivity index (χ0v) is 11.4. The second-order valence-electron chi connectivity index (χ2n) is 3.67. The fourth-order valence-electron chi connectivity index (χ4n) is 1.53. The van der Waals surface area contributed by atoms with E-state index in [1.54, 1.807) is 13.0 Å². The molecular weight excluding hydrogens is 298 g/mol. The van der Waals surface area contributed by atoms with Crippen molar-refractivity contribution in [1.29, 1.82) is 0 Å². The highest BCUT2D eigenvalue weighted by Gasteiger charge is 2.11. The summed E-state index contributed by atoms with van der Waals surface area (Å²) in [6, 6.07) is 9.46. The van der Waals surface area contributed by atoms with Crippen LogP contribution in [0.25, 0.3) is 11.3 Å². The molecule has 1 aromatic carbocycles. The lowest BCUT2D eigenvalue weighted by molar-refractivity contribution is -0.142. The second-order valence-corrected chi connectivity index (χ2v) is 4.59. The molecule has 0 amide bonds. The summed E-state index contributed by atoms with van der Waals surface area (Å²) in [6.07, 6.45) is 0.106. The average molecular weight is 310 g/mol. The van der Waals surface area contributed by atoms with Crippen LogP contribution >= 0.6 is 15.9 Å². The number of aromatic nitrogens is 1. The van der Waals surface area contributed by atoms with Crippen LogP contribution in [0.4, 0.5) is 0 Å². The molecular formula is C13H12BrNO3. The van der Waals surface area contributed by atoms with Crippen LogP contribution in [-0.2, 0) is 16.0 Å². The van der Waals surface area contributed by atoms with E-state index in [4.69, 9.17) is 9.26 Å². The highest BCUT2D eigenvalue weighted by Crippen LogP contribution is 2.22. The van der Waals surface area contributed by atoms with Gasteiger partial charge in [-0.25, -0.2) is 0 Å². The van der Waals surface area contributed by atoms with E-state index in [2.05, 4.69) is 21.1 Å². The fraction of sp³-hybridized carbons (Fsp3) is 0.231. The molecule has 0 atom stereocenters. The molecule has 0 radical (unpaired) electrons. The number of rotatable bonds is 4. The molecule has 0 bridgehead atoms. The summed E-state index contributed by atoms with van der Waals surface area (Å²) in [6.45, 7) is 2.14. The smallest absolute Gasteiger partial charge is 0.313 e. The van der Waals surface area contributed by atoms with Crippen LogP contribution in [0.1, 0.15) is 12.7 Å². The summed E-state index contributed by atoms with van der Waals surface area (Å²) in [4.78, 5) is 11.3. The van der Waals surface area contributed by atoms with E-state index in [0.29, 0.717) is 18.1 Å². The normalized spacial score (nSPS) is 10.3. The summed E-state index contributed by atoms with van der Waals surface area (Å²) >= 11 is 3.39. The lowest BCUT2D eigenvalue weighted by Crippen LogP contribution is -2.06. The van der Waals surface area contributed by atoms with Gasteiger partial charge in [0.15, 0.2) is 0 Å². The Balaban J connectivity index is 2.13. The SMILES string of the molecule is CCOC(=O)Cc1cc(-c2cccc(Br)c2)no1. The Morgan fingerprint density at radius 1 is 1.44 bits per heavy atom. The van der Waals surface area contributed by atoms with Crippen molar-refractivity contribution in [2.45, 2.75) is 13.3 Å². The minimum absolute atomic E-state index is 0.106. The van der Waals surface area contributed by atoms with Crippen LogP contribution in [0, 0.1) is 0 Å². The minimum atomic E-state index is -0.311. The van der Waals surface area contributed by atoms with Crippen molar-refractivity contribution in [2.75, 3.05) is 6.61 Å². The van der Waals surface area contributed by atoms with E-state index < -0.39 is 0 Å². The molecule has 0 saturated carbocycles. The lowest BCUT2D eigenvalue weighted by atomic mass is 10.1. The Morgan fingerprint density at radius 2 is 2.28 bits per heavy atom. The Kier molecular flexibility index (Phi) is 4.15. The largest absolute Gasteiger partial charge is 0.466 e. The van der Waals surface area contributed by atoms with Gasteiger partial charge in [0.1, 0.15) is 17.9 Å². The van der Waals surface area contributed by atoms with Gasteiger partial charge >= 0.3 is 5.97 Å². The van der Waals surface area contributed by atoms with Gasteiger partial charge in [0.25, 0.3) is 0 Å². The van der Waals surface area contributed by atoms with E-state index in [1.807, 2.05) is 24.3 Å². The van der Waals surface area contributed by atoms with Gasteiger partial charge < -0.3 is 9.26 Å². The number of esters is 1. The molecule has 94 valence electrons. The molecule has 0 spiro atoms. The van der Waals surface area contributed by atoms with Gasteiger partial charge in [-0.2, -0.15) is 0 Å². The second kappa shape index (κ2) is 5.82. The third kappa shape index (κ3) is 3.20. The van der Waals surface area contributed by atoms with Crippen LogP contribution in [0.5, 0.6) is 0 Å². The lowest BCUT2D eigenvalue weighted by Gasteiger charge is -1.97. The Bertz CT molecular complexity index is 551. The quantitative estimate of drug-likeness (QED) is 0.814. The molecule has 0 saturated heterocycles. The van der Waals surface area contributed by atoms with Crippen molar-refractivity contribution >= 4 is 21.9 Å².